The molecular weight excluding hydrogens is 468 g/mol. The maximum Gasteiger partial charge on any atom is 0.271 e. The Morgan fingerprint density at radius 2 is 1.77 bits per heavy atom. The van der Waals surface area contributed by atoms with Gasteiger partial charge in [-0.1, -0.05) is 54.1 Å². The zero-order chi connectivity index (χ0) is 24.9. The molecule has 0 bridgehead atoms. The van der Waals surface area contributed by atoms with Crippen molar-refractivity contribution in [1.82, 2.24) is 9.78 Å². The number of nitrogens with zero attached hydrogens (tertiary/aromatic N) is 3. The van der Waals surface area contributed by atoms with E-state index in [-0.39, 0.29) is 23.2 Å². The fourth-order valence-electron chi connectivity index (χ4n) is 3.61. The number of benzene rings is 3. The Hall–Kier alpha value is -4.17. The number of hydrogen-bond acceptors (Lipinski definition) is 5. The lowest BCUT2D eigenvalue weighted by Crippen LogP contribution is -2.13. The first-order valence-electron chi connectivity index (χ1n) is 10.9. The summed E-state index contributed by atoms with van der Waals surface area (Å²) in [5, 5.41) is 18.5. The molecule has 8 nitrogen and oxygen atoms in total. The number of rotatable bonds is 8. The van der Waals surface area contributed by atoms with Crippen molar-refractivity contribution in [3.8, 4) is 5.75 Å². The molecule has 178 valence electrons. The lowest BCUT2D eigenvalue weighted by molar-refractivity contribution is -0.384. The lowest BCUT2D eigenvalue weighted by Gasteiger charge is -2.10. The predicted molar refractivity (Wildman–Crippen MR) is 134 cm³/mol. The van der Waals surface area contributed by atoms with E-state index in [0.29, 0.717) is 23.5 Å². The number of aromatic nitrogens is 2. The van der Waals surface area contributed by atoms with Gasteiger partial charge in [0.05, 0.1) is 33.6 Å². The number of non-ortho nitro benzene ring substituents is 1. The Balaban J connectivity index is 1.39. The quantitative estimate of drug-likeness (QED) is 0.243. The molecule has 0 atom stereocenters. The maximum absolute atomic E-state index is 12.9. The van der Waals surface area contributed by atoms with Crippen molar-refractivity contribution in [2.24, 2.45) is 0 Å². The molecule has 4 rings (SSSR count). The average molecular weight is 491 g/mol. The number of halogens is 1. The molecule has 9 heteroatoms. The van der Waals surface area contributed by atoms with E-state index in [2.05, 4.69) is 10.4 Å². The molecule has 0 fully saturated rings. The highest BCUT2D eigenvalue weighted by Gasteiger charge is 2.16. The molecule has 1 amide bonds. The number of carbonyl (C=O) groups is 1. The fraction of sp³-hybridized carbons (Fsp3) is 0.154. The van der Waals surface area contributed by atoms with Crippen LogP contribution in [0.1, 0.15) is 32.9 Å². The van der Waals surface area contributed by atoms with Crippen LogP contribution >= 0.6 is 11.6 Å². The van der Waals surface area contributed by atoms with Gasteiger partial charge in [0.2, 0.25) is 0 Å². The number of nitro groups is 1. The molecule has 0 radical (unpaired) electrons. The smallest absolute Gasteiger partial charge is 0.271 e. The van der Waals surface area contributed by atoms with Crippen LogP contribution in [0.15, 0.2) is 72.8 Å². The van der Waals surface area contributed by atoms with Crippen LogP contribution in [-0.4, -0.2) is 20.6 Å². The molecule has 0 saturated carbocycles. The van der Waals surface area contributed by atoms with Crippen LogP contribution in [0.4, 0.5) is 11.4 Å². The number of anilines is 1. The summed E-state index contributed by atoms with van der Waals surface area (Å²) >= 11 is 6.07. The molecule has 0 aliphatic carbocycles. The van der Waals surface area contributed by atoms with E-state index in [4.69, 9.17) is 16.3 Å². The lowest BCUT2D eigenvalue weighted by atomic mass is 10.1. The first-order chi connectivity index (χ1) is 16.8. The third-order valence-corrected chi connectivity index (χ3v) is 5.83. The summed E-state index contributed by atoms with van der Waals surface area (Å²) in [5.74, 6) is 0.110. The van der Waals surface area contributed by atoms with Gasteiger partial charge < -0.3 is 10.1 Å². The van der Waals surface area contributed by atoms with Gasteiger partial charge in [0.1, 0.15) is 12.4 Å². The Labute approximate surface area is 207 Å². The molecule has 1 aromatic heterocycles. The average Bonchev–Trinajstić information content (AvgIpc) is 3.11. The van der Waals surface area contributed by atoms with Crippen molar-refractivity contribution < 1.29 is 14.5 Å². The Morgan fingerprint density at radius 3 is 2.43 bits per heavy atom. The van der Waals surface area contributed by atoms with E-state index in [9.17, 15) is 14.9 Å². The minimum Gasteiger partial charge on any atom is -0.487 e. The van der Waals surface area contributed by atoms with Crippen molar-refractivity contribution in [1.29, 1.82) is 0 Å². The minimum absolute atomic E-state index is 0.103. The largest absolute Gasteiger partial charge is 0.487 e. The zero-order valence-corrected chi connectivity index (χ0v) is 20.0. The third kappa shape index (κ3) is 5.67. The van der Waals surface area contributed by atoms with Crippen LogP contribution in [-0.2, 0) is 13.2 Å². The van der Waals surface area contributed by atoms with E-state index in [1.807, 2.05) is 48.9 Å². The Kier molecular flexibility index (Phi) is 7.12. The molecule has 3 aromatic carbocycles. The normalized spacial score (nSPS) is 10.7. The van der Waals surface area contributed by atoms with Crippen LogP contribution in [0.3, 0.4) is 0 Å². The van der Waals surface area contributed by atoms with E-state index in [0.717, 1.165) is 22.5 Å². The van der Waals surface area contributed by atoms with Gasteiger partial charge in [0.15, 0.2) is 0 Å². The van der Waals surface area contributed by atoms with Gasteiger partial charge in [0.25, 0.3) is 11.6 Å². The van der Waals surface area contributed by atoms with Crippen molar-refractivity contribution >= 4 is 28.9 Å². The van der Waals surface area contributed by atoms with Crippen LogP contribution in [0.2, 0.25) is 5.02 Å². The molecule has 1 N–H and O–H groups in total. The molecule has 1 heterocycles. The van der Waals surface area contributed by atoms with Gasteiger partial charge in [0, 0.05) is 17.7 Å². The van der Waals surface area contributed by atoms with Gasteiger partial charge in [-0.05, 0) is 43.2 Å². The monoisotopic (exact) mass is 490 g/mol. The first-order valence-corrected chi connectivity index (χ1v) is 11.2. The molecule has 0 aliphatic heterocycles. The van der Waals surface area contributed by atoms with E-state index in [1.54, 1.807) is 24.3 Å². The van der Waals surface area contributed by atoms with Gasteiger partial charge in [-0.25, -0.2) is 0 Å². The summed E-state index contributed by atoms with van der Waals surface area (Å²) in [6.07, 6.45) is 0. The van der Waals surface area contributed by atoms with Gasteiger partial charge in [-0.3, -0.25) is 19.6 Å². The molecule has 0 unspecified atom stereocenters. The maximum atomic E-state index is 12.9. The highest BCUT2D eigenvalue weighted by atomic mass is 35.5. The second-order valence-corrected chi connectivity index (χ2v) is 8.41. The SMILES string of the molecule is Cc1nn(Cc2ccccc2)c(C)c1NC(=O)c1ccc(COc2ccc([N+](=O)[O-])cc2Cl)cc1. The first kappa shape index (κ1) is 24.0. The van der Waals surface area contributed by atoms with E-state index < -0.39 is 4.92 Å². The zero-order valence-electron chi connectivity index (χ0n) is 19.2. The van der Waals surface area contributed by atoms with Gasteiger partial charge >= 0.3 is 0 Å². The summed E-state index contributed by atoms with van der Waals surface area (Å²) in [6.45, 7) is 4.62. The number of aryl methyl sites for hydroxylation is 1. The Morgan fingerprint density at radius 1 is 1.06 bits per heavy atom. The van der Waals surface area contributed by atoms with Crippen LogP contribution in [0.25, 0.3) is 0 Å². The number of carbonyl (C=O) groups excluding carboxylic acids is 1. The minimum atomic E-state index is -0.517. The Bertz CT molecular complexity index is 1370. The van der Waals surface area contributed by atoms with Crippen molar-refractivity contribution in [3.05, 3.63) is 116 Å². The molecule has 4 aromatic rings. The van der Waals surface area contributed by atoms with Gasteiger partial charge in [-0.15, -0.1) is 0 Å². The number of amides is 1. The van der Waals surface area contributed by atoms with E-state index in [1.165, 1.54) is 18.2 Å². The van der Waals surface area contributed by atoms with Crippen molar-refractivity contribution in [2.75, 3.05) is 5.32 Å². The summed E-state index contributed by atoms with van der Waals surface area (Å²) in [7, 11) is 0. The molecule has 35 heavy (non-hydrogen) atoms. The van der Waals surface area contributed by atoms with E-state index >= 15 is 0 Å². The molecular formula is C26H23ClN4O4. The molecule has 0 aliphatic rings. The predicted octanol–water partition coefficient (Wildman–Crippen LogP) is 5.94. The summed E-state index contributed by atoms with van der Waals surface area (Å²) in [5.41, 5.74) is 4.67. The van der Waals surface area contributed by atoms with Crippen LogP contribution < -0.4 is 10.1 Å². The summed E-state index contributed by atoms with van der Waals surface area (Å²) < 4.78 is 7.55. The second kappa shape index (κ2) is 10.4. The second-order valence-electron chi connectivity index (χ2n) is 8.00. The van der Waals surface area contributed by atoms with Crippen molar-refractivity contribution in [2.45, 2.75) is 27.0 Å². The third-order valence-electron chi connectivity index (χ3n) is 5.53. The summed E-state index contributed by atoms with van der Waals surface area (Å²) in [4.78, 5) is 23.2. The number of nitrogens with one attached hydrogen (secondary N) is 1. The number of hydrogen-bond donors (Lipinski definition) is 1. The van der Waals surface area contributed by atoms with Gasteiger partial charge in [-0.2, -0.15) is 5.10 Å². The topological polar surface area (TPSA) is 99.3 Å². The molecule has 0 saturated heterocycles. The summed E-state index contributed by atoms with van der Waals surface area (Å²) in [6, 6.07) is 21.1. The highest BCUT2D eigenvalue weighted by Crippen LogP contribution is 2.29. The van der Waals surface area contributed by atoms with Crippen molar-refractivity contribution in [3.63, 3.8) is 0 Å². The fourth-order valence-corrected chi connectivity index (χ4v) is 3.84. The number of nitro benzene ring substituents is 1. The highest BCUT2D eigenvalue weighted by molar-refractivity contribution is 6.32. The standard InChI is InChI=1S/C26H23ClN4O4/c1-17-25(18(2)30(29-17)15-19-6-4-3-5-7-19)28-26(32)21-10-8-20(9-11-21)16-35-24-13-12-22(31(33)34)14-23(24)27/h3-14H,15-16H2,1-2H3,(H,28,32). The number of ether oxygens (including phenoxy) is 1. The van der Waals surface area contributed by atoms with Crippen LogP contribution in [0, 0.1) is 24.0 Å². The molecule has 0 spiro atoms. The van der Waals surface area contributed by atoms with Crippen LogP contribution in [0.5, 0.6) is 5.75 Å².